The molecule has 3 aromatic rings. The second-order valence-electron chi connectivity index (χ2n) is 5.60. The highest BCUT2D eigenvalue weighted by atomic mass is 19.3. The van der Waals surface area contributed by atoms with Gasteiger partial charge in [0.25, 0.3) is 6.43 Å². The third-order valence-electron chi connectivity index (χ3n) is 3.89. The number of aryl methyl sites for hydroxylation is 1. The fraction of sp³-hybridized carbons (Fsp3) is 0.211. The molecule has 6 nitrogen and oxygen atoms in total. The van der Waals surface area contributed by atoms with E-state index in [4.69, 9.17) is 4.74 Å². The van der Waals surface area contributed by atoms with Crippen LogP contribution in [0.25, 0.3) is 5.69 Å². The van der Waals surface area contributed by atoms with E-state index in [1.807, 2.05) is 0 Å². The van der Waals surface area contributed by atoms with Crippen molar-refractivity contribution in [3.8, 4) is 23.3 Å². The third kappa shape index (κ3) is 3.72. The number of benzene rings is 2. The molecule has 27 heavy (non-hydrogen) atoms. The van der Waals surface area contributed by atoms with E-state index >= 15 is 0 Å². The Bertz CT molecular complexity index is 1080. The lowest BCUT2D eigenvalue weighted by molar-refractivity contribution is 0.144. The largest absolute Gasteiger partial charge is 0.488 e. The fourth-order valence-electron chi connectivity index (χ4n) is 2.58. The van der Waals surface area contributed by atoms with E-state index in [1.54, 1.807) is 31.2 Å². The number of aromatic nitrogens is 4. The van der Waals surface area contributed by atoms with Crippen molar-refractivity contribution in [2.45, 2.75) is 20.0 Å². The first-order chi connectivity index (χ1) is 13.0. The molecular formula is C19H16F2N4O2. The smallest absolute Gasteiger partial charge is 0.368 e. The molecule has 138 valence electrons. The number of halogens is 2. The average molecular weight is 370 g/mol. The van der Waals surface area contributed by atoms with Crippen LogP contribution in [0.15, 0.2) is 47.3 Å². The fourth-order valence-corrected chi connectivity index (χ4v) is 2.58. The molecule has 0 saturated heterocycles. The van der Waals surface area contributed by atoms with Crippen LogP contribution in [-0.2, 0) is 13.7 Å². The summed E-state index contributed by atoms with van der Waals surface area (Å²) in [6, 6.07) is 11.1. The normalized spacial score (nSPS) is 10.6. The Morgan fingerprint density at radius 3 is 2.59 bits per heavy atom. The number of nitrogens with zero attached hydrogens (tertiary/aromatic N) is 4. The maximum atomic E-state index is 13.2. The van der Waals surface area contributed by atoms with Crippen LogP contribution < -0.4 is 10.4 Å². The number of tetrazole rings is 1. The first-order valence-corrected chi connectivity index (χ1v) is 8.06. The van der Waals surface area contributed by atoms with Crippen LogP contribution in [0.2, 0.25) is 0 Å². The van der Waals surface area contributed by atoms with Crippen molar-refractivity contribution in [2.24, 2.45) is 7.05 Å². The van der Waals surface area contributed by atoms with Crippen LogP contribution in [0.5, 0.6) is 5.75 Å². The van der Waals surface area contributed by atoms with Crippen molar-refractivity contribution in [2.75, 3.05) is 0 Å². The van der Waals surface area contributed by atoms with Crippen molar-refractivity contribution in [3.05, 3.63) is 69.6 Å². The number of rotatable bonds is 5. The van der Waals surface area contributed by atoms with Gasteiger partial charge in [0.05, 0.1) is 11.3 Å². The zero-order valence-electron chi connectivity index (χ0n) is 14.7. The Morgan fingerprint density at radius 1 is 1.15 bits per heavy atom. The Hall–Kier alpha value is -3.47. The van der Waals surface area contributed by atoms with Crippen molar-refractivity contribution in [1.29, 1.82) is 0 Å². The molecule has 0 saturated carbocycles. The van der Waals surface area contributed by atoms with E-state index in [9.17, 15) is 13.6 Å². The predicted molar refractivity (Wildman–Crippen MR) is 94.9 cm³/mol. The van der Waals surface area contributed by atoms with E-state index in [1.165, 1.54) is 25.2 Å². The molecular weight excluding hydrogens is 354 g/mol. The Labute approximate surface area is 154 Å². The van der Waals surface area contributed by atoms with Gasteiger partial charge in [0.2, 0.25) is 0 Å². The zero-order valence-corrected chi connectivity index (χ0v) is 14.7. The molecule has 0 aliphatic carbocycles. The second-order valence-corrected chi connectivity index (χ2v) is 5.60. The van der Waals surface area contributed by atoms with Crippen LogP contribution in [-0.4, -0.2) is 19.8 Å². The molecule has 0 unspecified atom stereocenters. The van der Waals surface area contributed by atoms with Crippen molar-refractivity contribution >= 4 is 0 Å². The van der Waals surface area contributed by atoms with Gasteiger partial charge in [-0.1, -0.05) is 24.1 Å². The summed E-state index contributed by atoms with van der Waals surface area (Å²) >= 11 is 0. The van der Waals surface area contributed by atoms with Crippen molar-refractivity contribution < 1.29 is 13.5 Å². The van der Waals surface area contributed by atoms with Gasteiger partial charge in [0.15, 0.2) is 0 Å². The highest BCUT2D eigenvalue weighted by Gasteiger charge is 2.17. The molecule has 0 aliphatic rings. The molecule has 1 heterocycles. The molecule has 0 fully saturated rings. The van der Waals surface area contributed by atoms with Crippen molar-refractivity contribution in [1.82, 2.24) is 19.8 Å². The van der Waals surface area contributed by atoms with E-state index < -0.39 is 12.1 Å². The molecule has 2 aromatic carbocycles. The SMILES string of the molecule is CC#Cc1cccc(-n2nnn(C)c2=O)c1COc1ccccc1C(F)F. The van der Waals surface area contributed by atoms with Crippen molar-refractivity contribution in [3.63, 3.8) is 0 Å². The summed E-state index contributed by atoms with van der Waals surface area (Å²) < 4.78 is 34.2. The van der Waals surface area contributed by atoms with E-state index in [2.05, 4.69) is 22.3 Å². The summed E-state index contributed by atoms with van der Waals surface area (Å²) in [5.41, 5.74) is 0.962. The minimum atomic E-state index is -2.66. The van der Waals surface area contributed by atoms with Crippen LogP contribution in [0, 0.1) is 11.8 Å². The Kier molecular flexibility index (Phi) is 5.31. The van der Waals surface area contributed by atoms with Gasteiger partial charge in [-0.15, -0.1) is 5.92 Å². The number of ether oxygens (including phenoxy) is 1. The molecule has 0 amide bonds. The van der Waals surface area contributed by atoms with Crippen LogP contribution in [0.4, 0.5) is 8.78 Å². The lowest BCUT2D eigenvalue weighted by atomic mass is 10.1. The topological polar surface area (TPSA) is 61.9 Å². The minimum absolute atomic E-state index is 0.0626. The highest BCUT2D eigenvalue weighted by Crippen LogP contribution is 2.30. The Morgan fingerprint density at radius 2 is 1.93 bits per heavy atom. The van der Waals surface area contributed by atoms with Gasteiger partial charge >= 0.3 is 5.69 Å². The number of para-hydroxylation sites is 1. The van der Waals surface area contributed by atoms with Gasteiger partial charge in [-0.2, -0.15) is 9.36 Å². The lowest BCUT2D eigenvalue weighted by Crippen LogP contribution is -2.23. The third-order valence-corrected chi connectivity index (χ3v) is 3.89. The molecule has 3 rings (SSSR count). The van der Waals surface area contributed by atoms with Gasteiger partial charge in [0.1, 0.15) is 12.4 Å². The summed E-state index contributed by atoms with van der Waals surface area (Å²) in [6.45, 7) is 1.62. The van der Waals surface area contributed by atoms with E-state index in [0.717, 1.165) is 9.36 Å². The van der Waals surface area contributed by atoms with E-state index in [0.29, 0.717) is 16.8 Å². The first kappa shape index (κ1) is 18.3. The summed E-state index contributed by atoms with van der Waals surface area (Å²) in [4.78, 5) is 12.2. The van der Waals surface area contributed by atoms with Crippen LogP contribution >= 0.6 is 0 Å². The molecule has 0 atom stereocenters. The quantitative estimate of drug-likeness (QED) is 0.648. The summed E-state index contributed by atoms with van der Waals surface area (Å²) in [5.74, 6) is 5.81. The van der Waals surface area contributed by atoms with Gasteiger partial charge in [0, 0.05) is 18.2 Å². The molecule has 0 spiro atoms. The van der Waals surface area contributed by atoms with E-state index in [-0.39, 0.29) is 17.9 Å². The number of hydrogen-bond donors (Lipinski definition) is 0. The molecule has 0 radical (unpaired) electrons. The summed E-state index contributed by atoms with van der Waals surface area (Å²) in [6.07, 6.45) is -2.66. The number of alkyl halides is 2. The average Bonchev–Trinajstić information content (AvgIpc) is 2.99. The Balaban J connectivity index is 2.05. The van der Waals surface area contributed by atoms with Gasteiger partial charge < -0.3 is 4.74 Å². The van der Waals surface area contributed by atoms with Gasteiger partial charge in [-0.25, -0.2) is 13.6 Å². The first-order valence-electron chi connectivity index (χ1n) is 8.06. The maximum absolute atomic E-state index is 13.2. The highest BCUT2D eigenvalue weighted by molar-refractivity contribution is 5.52. The van der Waals surface area contributed by atoms with Crippen LogP contribution in [0.3, 0.4) is 0 Å². The van der Waals surface area contributed by atoms with Crippen LogP contribution in [0.1, 0.15) is 30.0 Å². The number of hydrogen-bond acceptors (Lipinski definition) is 4. The maximum Gasteiger partial charge on any atom is 0.368 e. The van der Waals surface area contributed by atoms with Gasteiger partial charge in [-0.05, 0) is 41.6 Å². The van der Waals surface area contributed by atoms with Gasteiger partial charge in [-0.3, -0.25) is 0 Å². The second kappa shape index (κ2) is 7.83. The summed E-state index contributed by atoms with van der Waals surface area (Å²) in [5, 5.41) is 7.55. The minimum Gasteiger partial charge on any atom is -0.488 e. The lowest BCUT2D eigenvalue weighted by Gasteiger charge is -2.14. The summed E-state index contributed by atoms with van der Waals surface area (Å²) in [7, 11) is 1.48. The monoisotopic (exact) mass is 370 g/mol. The molecule has 0 N–H and O–H groups in total. The molecule has 0 bridgehead atoms. The predicted octanol–water partition coefficient (Wildman–Crippen LogP) is 2.85. The molecule has 8 heteroatoms. The molecule has 1 aromatic heterocycles. The zero-order chi connectivity index (χ0) is 19.4. The molecule has 0 aliphatic heterocycles. The standard InChI is InChI=1S/C19H16F2N4O2/c1-3-7-13-8-6-10-16(25-19(26)24(2)22-23-25)15(13)12-27-17-11-5-4-9-14(17)18(20)21/h4-6,8-11,18H,12H2,1-2H3.